The molecule has 6 nitrogen and oxygen atoms in total. The van der Waals surface area contributed by atoms with Gasteiger partial charge in [-0.05, 0) is 55.3 Å². The second-order valence-electron chi connectivity index (χ2n) is 7.19. The molecule has 2 aromatic rings. The number of methoxy groups -OCH3 is 1. The number of piperazine rings is 1. The predicted molar refractivity (Wildman–Crippen MR) is 113 cm³/mol. The van der Waals surface area contributed by atoms with E-state index in [2.05, 4.69) is 26.7 Å². The highest BCUT2D eigenvalue weighted by molar-refractivity contribution is 7.89. The molecule has 0 spiro atoms. The van der Waals surface area contributed by atoms with E-state index in [0.717, 1.165) is 43.1 Å². The van der Waals surface area contributed by atoms with Gasteiger partial charge in [0.05, 0.1) is 12.0 Å². The Morgan fingerprint density at radius 2 is 1.68 bits per heavy atom. The van der Waals surface area contributed by atoms with Crippen molar-refractivity contribution in [1.82, 2.24) is 9.62 Å². The van der Waals surface area contributed by atoms with Crippen LogP contribution in [0, 0.1) is 13.8 Å². The molecule has 3 rings (SSSR count). The van der Waals surface area contributed by atoms with Gasteiger partial charge in [0.25, 0.3) is 0 Å². The SMILES string of the molecule is COc1ccc(N2CCN(CCNS(=O)(=O)c3cc(C)ccc3C)CC2)cc1. The molecule has 1 N–H and O–H groups in total. The van der Waals surface area contributed by atoms with Crippen molar-refractivity contribution in [2.24, 2.45) is 0 Å². The zero-order valence-corrected chi connectivity index (χ0v) is 17.6. The Morgan fingerprint density at radius 1 is 1.00 bits per heavy atom. The van der Waals surface area contributed by atoms with Gasteiger partial charge in [0.15, 0.2) is 0 Å². The van der Waals surface area contributed by atoms with Crippen molar-refractivity contribution in [3.63, 3.8) is 0 Å². The molecule has 0 radical (unpaired) electrons. The summed E-state index contributed by atoms with van der Waals surface area (Å²) in [6.07, 6.45) is 0. The Balaban J connectivity index is 1.48. The Labute approximate surface area is 168 Å². The van der Waals surface area contributed by atoms with Gasteiger partial charge in [-0.1, -0.05) is 12.1 Å². The molecule has 2 aromatic carbocycles. The molecular weight excluding hydrogens is 374 g/mol. The van der Waals surface area contributed by atoms with Crippen LogP contribution >= 0.6 is 0 Å². The minimum Gasteiger partial charge on any atom is -0.497 e. The molecule has 0 atom stereocenters. The van der Waals surface area contributed by atoms with E-state index in [1.807, 2.05) is 38.1 Å². The standard InChI is InChI=1S/C21H29N3O3S/c1-17-4-5-18(2)21(16-17)28(25,26)22-10-11-23-12-14-24(15-13-23)19-6-8-20(27-3)9-7-19/h4-9,16,22H,10-15H2,1-3H3. The lowest BCUT2D eigenvalue weighted by atomic mass is 10.2. The van der Waals surface area contributed by atoms with Crippen molar-refractivity contribution in [2.45, 2.75) is 18.7 Å². The van der Waals surface area contributed by atoms with Crippen LogP contribution in [-0.2, 0) is 10.0 Å². The summed E-state index contributed by atoms with van der Waals surface area (Å²) in [7, 11) is -1.80. The van der Waals surface area contributed by atoms with Gasteiger partial charge in [0.2, 0.25) is 10.0 Å². The predicted octanol–water partition coefficient (Wildman–Crippen LogP) is 2.41. The molecule has 1 aliphatic rings. The van der Waals surface area contributed by atoms with Crippen molar-refractivity contribution in [1.29, 1.82) is 0 Å². The van der Waals surface area contributed by atoms with Crippen LogP contribution in [0.4, 0.5) is 5.69 Å². The maximum atomic E-state index is 12.6. The fourth-order valence-electron chi connectivity index (χ4n) is 3.44. The monoisotopic (exact) mass is 403 g/mol. The number of aryl methyl sites for hydroxylation is 2. The number of hydrogen-bond donors (Lipinski definition) is 1. The van der Waals surface area contributed by atoms with Gasteiger partial charge in [-0.15, -0.1) is 0 Å². The molecule has 1 fully saturated rings. The Kier molecular flexibility index (Phi) is 6.59. The fraction of sp³-hybridized carbons (Fsp3) is 0.429. The van der Waals surface area contributed by atoms with Crippen molar-refractivity contribution < 1.29 is 13.2 Å². The maximum absolute atomic E-state index is 12.6. The summed E-state index contributed by atoms with van der Waals surface area (Å²) in [5, 5.41) is 0. The number of sulfonamides is 1. The minimum absolute atomic E-state index is 0.372. The summed E-state index contributed by atoms with van der Waals surface area (Å²) in [4.78, 5) is 5.01. The van der Waals surface area contributed by atoms with Gasteiger partial charge >= 0.3 is 0 Å². The first kappa shape index (κ1) is 20.6. The Hall–Kier alpha value is -2.09. The third-order valence-corrected chi connectivity index (χ3v) is 6.77. The molecule has 1 aliphatic heterocycles. The molecular formula is C21H29N3O3S. The van der Waals surface area contributed by atoms with Gasteiger partial charge in [0, 0.05) is 45.0 Å². The number of rotatable bonds is 7. The third kappa shape index (κ3) is 5.04. The van der Waals surface area contributed by atoms with E-state index in [-0.39, 0.29) is 0 Å². The highest BCUT2D eigenvalue weighted by Gasteiger charge is 2.19. The molecule has 0 bridgehead atoms. The van der Waals surface area contributed by atoms with Crippen LogP contribution in [0.5, 0.6) is 5.75 Å². The zero-order valence-electron chi connectivity index (χ0n) is 16.8. The quantitative estimate of drug-likeness (QED) is 0.769. The average molecular weight is 404 g/mol. The molecule has 28 heavy (non-hydrogen) atoms. The summed E-state index contributed by atoms with van der Waals surface area (Å²) in [6.45, 7) is 8.53. The lowest BCUT2D eigenvalue weighted by Crippen LogP contribution is -2.48. The van der Waals surface area contributed by atoms with Crippen molar-refractivity contribution in [3.8, 4) is 5.75 Å². The van der Waals surface area contributed by atoms with E-state index in [1.54, 1.807) is 13.2 Å². The molecule has 0 saturated carbocycles. The molecule has 7 heteroatoms. The van der Waals surface area contributed by atoms with E-state index in [4.69, 9.17) is 4.74 Å². The highest BCUT2D eigenvalue weighted by Crippen LogP contribution is 2.20. The van der Waals surface area contributed by atoms with Crippen LogP contribution in [0.2, 0.25) is 0 Å². The van der Waals surface area contributed by atoms with Gasteiger partial charge in [0.1, 0.15) is 5.75 Å². The number of nitrogens with zero attached hydrogens (tertiary/aromatic N) is 2. The second-order valence-corrected chi connectivity index (χ2v) is 8.93. The first-order chi connectivity index (χ1) is 13.4. The average Bonchev–Trinajstić information content (AvgIpc) is 2.70. The number of hydrogen-bond acceptors (Lipinski definition) is 5. The summed E-state index contributed by atoms with van der Waals surface area (Å²) in [6, 6.07) is 13.6. The summed E-state index contributed by atoms with van der Waals surface area (Å²) in [5.74, 6) is 0.860. The second kappa shape index (κ2) is 8.94. The van der Waals surface area contributed by atoms with Crippen LogP contribution in [0.3, 0.4) is 0 Å². The van der Waals surface area contributed by atoms with E-state index in [0.29, 0.717) is 18.0 Å². The summed E-state index contributed by atoms with van der Waals surface area (Å²) >= 11 is 0. The third-order valence-electron chi connectivity index (χ3n) is 5.16. The maximum Gasteiger partial charge on any atom is 0.240 e. The molecule has 0 unspecified atom stereocenters. The highest BCUT2D eigenvalue weighted by atomic mass is 32.2. The molecule has 0 aliphatic carbocycles. The first-order valence-electron chi connectivity index (χ1n) is 9.57. The number of nitrogens with one attached hydrogen (secondary N) is 1. The Morgan fingerprint density at radius 3 is 2.32 bits per heavy atom. The summed E-state index contributed by atoms with van der Waals surface area (Å²) in [5.41, 5.74) is 2.91. The lowest BCUT2D eigenvalue weighted by molar-refractivity contribution is 0.262. The molecule has 1 saturated heterocycles. The number of ether oxygens (including phenoxy) is 1. The van der Waals surface area contributed by atoms with Crippen molar-refractivity contribution in [2.75, 3.05) is 51.3 Å². The van der Waals surface area contributed by atoms with Gasteiger partial charge < -0.3 is 9.64 Å². The topological polar surface area (TPSA) is 61.9 Å². The largest absolute Gasteiger partial charge is 0.497 e. The lowest BCUT2D eigenvalue weighted by Gasteiger charge is -2.36. The van der Waals surface area contributed by atoms with Gasteiger partial charge in [-0.3, -0.25) is 4.90 Å². The smallest absolute Gasteiger partial charge is 0.240 e. The molecule has 1 heterocycles. The van der Waals surface area contributed by atoms with Crippen LogP contribution in [0.25, 0.3) is 0 Å². The zero-order chi connectivity index (χ0) is 20.1. The first-order valence-corrected chi connectivity index (χ1v) is 11.1. The summed E-state index contributed by atoms with van der Waals surface area (Å²) < 4.78 is 33.1. The van der Waals surface area contributed by atoms with Crippen LogP contribution in [0.1, 0.15) is 11.1 Å². The minimum atomic E-state index is -3.47. The van der Waals surface area contributed by atoms with Crippen LogP contribution < -0.4 is 14.4 Å². The fourth-order valence-corrected chi connectivity index (χ4v) is 4.78. The van der Waals surface area contributed by atoms with E-state index < -0.39 is 10.0 Å². The van der Waals surface area contributed by atoms with Gasteiger partial charge in [-0.2, -0.15) is 0 Å². The van der Waals surface area contributed by atoms with E-state index in [9.17, 15) is 8.42 Å². The number of anilines is 1. The van der Waals surface area contributed by atoms with E-state index in [1.165, 1.54) is 5.69 Å². The van der Waals surface area contributed by atoms with Crippen molar-refractivity contribution in [3.05, 3.63) is 53.6 Å². The van der Waals surface area contributed by atoms with Crippen LogP contribution in [0.15, 0.2) is 47.4 Å². The molecule has 0 aromatic heterocycles. The molecule has 152 valence electrons. The normalized spacial score (nSPS) is 15.6. The molecule has 0 amide bonds. The van der Waals surface area contributed by atoms with Crippen LogP contribution in [-0.4, -0.2) is 59.7 Å². The van der Waals surface area contributed by atoms with Gasteiger partial charge in [-0.25, -0.2) is 13.1 Å². The number of benzene rings is 2. The van der Waals surface area contributed by atoms with E-state index >= 15 is 0 Å². The van der Waals surface area contributed by atoms with Crippen molar-refractivity contribution >= 4 is 15.7 Å². The Bertz CT molecular complexity index is 890.